The standard InChI is InChI=1S/C17H34N2/c1-4-17(9-5-6-10-17)14-18-16-7-11-19(12-8-16)13-15(2)3/h15-16,18H,4-14H2,1-3H3. The summed E-state index contributed by atoms with van der Waals surface area (Å²) in [4.78, 5) is 2.65. The van der Waals surface area contributed by atoms with E-state index in [9.17, 15) is 0 Å². The Bertz CT molecular complexity index is 248. The van der Waals surface area contributed by atoms with Crippen molar-refractivity contribution < 1.29 is 0 Å². The lowest BCUT2D eigenvalue weighted by molar-refractivity contribution is 0.166. The summed E-state index contributed by atoms with van der Waals surface area (Å²) in [6.07, 6.45) is 9.92. The topological polar surface area (TPSA) is 15.3 Å². The molecule has 0 aromatic heterocycles. The molecule has 1 saturated heterocycles. The van der Waals surface area contributed by atoms with E-state index in [2.05, 4.69) is 31.0 Å². The molecule has 112 valence electrons. The van der Waals surface area contributed by atoms with Crippen molar-refractivity contribution in [2.24, 2.45) is 11.3 Å². The van der Waals surface area contributed by atoms with Gasteiger partial charge in [0.2, 0.25) is 0 Å². The Morgan fingerprint density at radius 3 is 2.32 bits per heavy atom. The van der Waals surface area contributed by atoms with Gasteiger partial charge in [0.1, 0.15) is 0 Å². The van der Waals surface area contributed by atoms with E-state index in [0.29, 0.717) is 5.41 Å². The van der Waals surface area contributed by atoms with E-state index in [1.807, 2.05) is 0 Å². The summed E-state index contributed by atoms with van der Waals surface area (Å²) in [5.74, 6) is 0.811. The second-order valence-corrected chi connectivity index (χ2v) is 7.41. The first-order valence-electron chi connectivity index (χ1n) is 8.59. The van der Waals surface area contributed by atoms with Crippen molar-refractivity contribution in [2.75, 3.05) is 26.2 Å². The number of piperidine rings is 1. The third kappa shape index (κ3) is 4.46. The predicted octanol–water partition coefficient (Wildman–Crippen LogP) is 3.67. The summed E-state index contributed by atoms with van der Waals surface area (Å²) in [6.45, 7) is 12.2. The smallest absolute Gasteiger partial charge is 0.00916 e. The van der Waals surface area contributed by atoms with E-state index in [1.54, 1.807) is 0 Å². The molecule has 0 aromatic carbocycles. The molecule has 1 aliphatic heterocycles. The van der Waals surface area contributed by atoms with Crippen LogP contribution < -0.4 is 5.32 Å². The fourth-order valence-corrected chi connectivity index (χ4v) is 3.98. The summed E-state index contributed by atoms with van der Waals surface area (Å²) in [5.41, 5.74) is 0.648. The van der Waals surface area contributed by atoms with Gasteiger partial charge in [-0.25, -0.2) is 0 Å². The zero-order valence-corrected chi connectivity index (χ0v) is 13.4. The average Bonchev–Trinajstić information content (AvgIpc) is 2.87. The normalized spacial score (nSPS) is 25.3. The molecule has 2 fully saturated rings. The first kappa shape index (κ1) is 15.3. The Labute approximate surface area is 120 Å². The lowest BCUT2D eigenvalue weighted by Crippen LogP contribution is -2.46. The highest BCUT2D eigenvalue weighted by molar-refractivity contribution is 4.88. The van der Waals surface area contributed by atoms with Crippen molar-refractivity contribution in [1.82, 2.24) is 10.2 Å². The van der Waals surface area contributed by atoms with Crippen molar-refractivity contribution >= 4 is 0 Å². The zero-order chi connectivity index (χ0) is 13.7. The van der Waals surface area contributed by atoms with Crippen LogP contribution in [0.15, 0.2) is 0 Å². The van der Waals surface area contributed by atoms with Gasteiger partial charge in [-0.1, -0.05) is 33.6 Å². The molecule has 2 rings (SSSR count). The molecule has 0 aromatic rings. The van der Waals surface area contributed by atoms with E-state index < -0.39 is 0 Å². The van der Waals surface area contributed by atoms with Gasteiger partial charge in [0.15, 0.2) is 0 Å². The first-order chi connectivity index (χ1) is 9.13. The molecular weight excluding hydrogens is 232 g/mol. The summed E-state index contributed by atoms with van der Waals surface area (Å²) < 4.78 is 0. The lowest BCUT2D eigenvalue weighted by atomic mass is 9.83. The average molecular weight is 266 g/mol. The van der Waals surface area contributed by atoms with Crippen LogP contribution >= 0.6 is 0 Å². The number of hydrogen-bond donors (Lipinski definition) is 1. The molecule has 2 heteroatoms. The van der Waals surface area contributed by atoms with Gasteiger partial charge in [-0.2, -0.15) is 0 Å². The Hall–Kier alpha value is -0.0800. The van der Waals surface area contributed by atoms with Crippen LogP contribution in [0.1, 0.15) is 65.7 Å². The van der Waals surface area contributed by atoms with Gasteiger partial charge >= 0.3 is 0 Å². The predicted molar refractivity (Wildman–Crippen MR) is 83.5 cm³/mol. The summed E-state index contributed by atoms with van der Waals surface area (Å²) in [7, 11) is 0. The van der Waals surface area contributed by atoms with Crippen LogP contribution in [-0.2, 0) is 0 Å². The van der Waals surface area contributed by atoms with Crippen LogP contribution in [0.25, 0.3) is 0 Å². The summed E-state index contributed by atoms with van der Waals surface area (Å²) >= 11 is 0. The van der Waals surface area contributed by atoms with Crippen molar-refractivity contribution in [3.05, 3.63) is 0 Å². The molecule has 1 heterocycles. The third-order valence-electron chi connectivity index (χ3n) is 5.39. The molecule has 2 aliphatic rings. The molecule has 0 bridgehead atoms. The second kappa shape index (κ2) is 7.08. The molecule has 0 spiro atoms. The fourth-order valence-electron chi connectivity index (χ4n) is 3.98. The Kier molecular flexibility index (Phi) is 5.70. The van der Waals surface area contributed by atoms with Crippen molar-refractivity contribution in [2.45, 2.75) is 71.8 Å². The maximum atomic E-state index is 3.90. The highest BCUT2D eigenvalue weighted by Crippen LogP contribution is 2.40. The third-order valence-corrected chi connectivity index (χ3v) is 5.39. The monoisotopic (exact) mass is 266 g/mol. The quantitative estimate of drug-likeness (QED) is 0.789. The van der Waals surface area contributed by atoms with Gasteiger partial charge in [0, 0.05) is 19.1 Å². The molecule has 1 aliphatic carbocycles. The Morgan fingerprint density at radius 1 is 1.16 bits per heavy atom. The number of hydrogen-bond acceptors (Lipinski definition) is 2. The molecule has 0 atom stereocenters. The lowest BCUT2D eigenvalue weighted by Gasteiger charge is -2.36. The van der Waals surface area contributed by atoms with E-state index >= 15 is 0 Å². The van der Waals surface area contributed by atoms with Gasteiger partial charge in [-0.15, -0.1) is 0 Å². The number of nitrogens with one attached hydrogen (secondary N) is 1. The van der Waals surface area contributed by atoms with E-state index in [4.69, 9.17) is 0 Å². The van der Waals surface area contributed by atoms with E-state index in [-0.39, 0.29) is 0 Å². The SMILES string of the molecule is CCC1(CNC2CCN(CC(C)C)CC2)CCCC1. The van der Waals surface area contributed by atoms with Gasteiger partial charge in [0.05, 0.1) is 0 Å². The largest absolute Gasteiger partial charge is 0.313 e. The Morgan fingerprint density at radius 2 is 1.79 bits per heavy atom. The maximum Gasteiger partial charge on any atom is 0.00916 e. The van der Waals surface area contributed by atoms with Crippen LogP contribution in [0.3, 0.4) is 0 Å². The second-order valence-electron chi connectivity index (χ2n) is 7.41. The minimum atomic E-state index is 0.648. The van der Waals surface area contributed by atoms with Crippen molar-refractivity contribution in [3.8, 4) is 0 Å². The van der Waals surface area contributed by atoms with Crippen molar-refractivity contribution in [3.63, 3.8) is 0 Å². The van der Waals surface area contributed by atoms with Crippen LogP contribution in [-0.4, -0.2) is 37.1 Å². The maximum absolute atomic E-state index is 3.90. The Balaban J connectivity index is 1.68. The van der Waals surface area contributed by atoms with E-state index in [0.717, 1.165) is 12.0 Å². The first-order valence-corrected chi connectivity index (χ1v) is 8.59. The van der Waals surface area contributed by atoms with Gasteiger partial charge in [-0.3, -0.25) is 0 Å². The molecule has 1 saturated carbocycles. The van der Waals surface area contributed by atoms with Crippen LogP contribution in [0.2, 0.25) is 0 Å². The molecule has 2 nitrogen and oxygen atoms in total. The van der Waals surface area contributed by atoms with Crippen LogP contribution in [0.4, 0.5) is 0 Å². The number of rotatable bonds is 6. The molecule has 0 amide bonds. The van der Waals surface area contributed by atoms with Gasteiger partial charge in [0.25, 0.3) is 0 Å². The highest BCUT2D eigenvalue weighted by Gasteiger charge is 2.32. The molecular formula is C17H34N2. The molecule has 19 heavy (non-hydrogen) atoms. The zero-order valence-electron chi connectivity index (χ0n) is 13.4. The summed E-state index contributed by atoms with van der Waals surface area (Å²) in [5, 5.41) is 3.90. The number of likely N-dealkylation sites (tertiary alicyclic amines) is 1. The number of nitrogens with zero attached hydrogens (tertiary/aromatic N) is 1. The van der Waals surface area contributed by atoms with Crippen molar-refractivity contribution in [1.29, 1.82) is 0 Å². The highest BCUT2D eigenvalue weighted by atomic mass is 15.1. The molecule has 1 N–H and O–H groups in total. The van der Waals surface area contributed by atoms with Crippen LogP contribution in [0, 0.1) is 11.3 Å². The van der Waals surface area contributed by atoms with E-state index in [1.165, 1.54) is 71.1 Å². The van der Waals surface area contributed by atoms with Gasteiger partial charge < -0.3 is 10.2 Å². The summed E-state index contributed by atoms with van der Waals surface area (Å²) in [6, 6.07) is 0.785. The fraction of sp³-hybridized carbons (Fsp3) is 1.00. The van der Waals surface area contributed by atoms with Gasteiger partial charge in [-0.05, 0) is 56.5 Å². The van der Waals surface area contributed by atoms with Crippen LogP contribution in [0.5, 0.6) is 0 Å². The minimum absolute atomic E-state index is 0.648. The minimum Gasteiger partial charge on any atom is -0.313 e. The molecule has 0 unspecified atom stereocenters. The molecule has 0 radical (unpaired) electrons.